The summed E-state index contributed by atoms with van der Waals surface area (Å²) >= 11 is 1.60. The summed E-state index contributed by atoms with van der Waals surface area (Å²) in [6.07, 6.45) is 0.266. The number of para-hydroxylation sites is 2. The highest BCUT2D eigenvalue weighted by molar-refractivity contribution is 7.99. The third kappa shape index (κ3) is 5.81. The van der Waals surface area contributed by atoms with Gasteiger partial charge < -0.3 is 20.7 Å². The number of thioether (sulfide) groups is 1. The number of aliphatic hydroxyl groups is 2. The van der Waals surface area contributed by atoms with Gasteiger partial charge in [-0.25, -0.2) is 0 Å². The van der Waals surface area contributed by atoms with Gasteiger partial charge in [0.05, 0.1) is 25.0 Å². The highest BCUT2D eigenvalue weighted by Crippen LogP contribution is 2.19. The molecule has 0 aliphatic heterocycles. The van der Waals surface area contributed by atoms with Crippen molar-refractivity contribution in [2.45, 2.75) is 12.5 Å². The molecule has 1 aromatic rings. The molecule has 0 spiro atoms. The Hall–Kier alpha value is -0.910. The van der Waals surface area contributed by atoms with Crippen molar-refractivity contribution in [1.82, 2.24) is 0 Å². The lowest BCUT2D eigenvalue weighted by Crippen LogP contribution is -2.15. The zero-order valence-electron chi connectivity index (χ0n) is 9.71. The molecule has 4 N–H and O–H groups in total. The second kappa shape index (κ2) is 8.22. The number of hydrogen-bond acceptors (Lipinski definition) is 5. The molecule has 0 bridgehead atoms. The van der Waals surface area contributed by atoms with E-state index in [-0.39, 0.29) is 6.61 Å². The first-order valence-electron chi connectivity index (χ1n) is 5.58. The molecule has 0 aliphatic rings. The van der Waals surface area contributed by atoms with E-state index in [9.17, 15) is 0 Å². The van der Waals surface area contributed by atoms with Crippen LogP contribution in [0.2, 0.25) is 0 Å². The summed E-state index contributed by atoms with van der Waals surface area (Å²) < 4.78 is 5.52. The van der Waals surface area contributed by atoms with Crippen LogP contribution in [-0.2, 0) is 0 Å². The van der Waals surface area contributed by atoms with E-state index in [0.29, 0.717) is 23.8 Å². The van der Waals surface area contributed by atoms with E-state index in [4.69, 9.17) is 20.7 Å². The second-order valence-corrected chi connectivity index (χ2v) is 4.80. The average Bonchev–Trinajstić information content (AvgIpc) is 2.35. The maximum absolute atomic E-state index is 9.11. The van der Waals surface area contributed by atoms with E-state index in [0.717, 1.165) is 12.2 Å². The topological polar surface area (TPSA) is 75.7 Å². The summed E-state index contributed by atoms with van der Waals surface area (Å²) in [4.78, 5) is 0. The molecule has 0 aliphatic carbocycles. The lowest BCUT2D eigenvalue weighted by atomic mass is 10.3. The van der Waals surface area contributed by atoms with Crippen molar-refractivity contribution in [1.29, 1.82) is 0 Å². The van der Waals surface area contributed by atoms with Gasteiger partial charge in [0.1, 0.15) is 5.75 Å². The fourth-order valence-corrected chi connectivity index (χ4v) is 2.09. The van der Waals surface area contributed by atoms with Crippen LogP contribution in [-0.4, -0.2) is 41.0 Å². The van der Waals surface area contributed by atoms with E-state index in [1.807, 2.05) is 24.3 Å². The van der Waals surface area contributed by atoms with Crippen LogP contribution in [0.5, 0.6) is 5.75 Å². The van der Waals surface area contributed by atoms with Gasteiger partial charge >= 0.3 is 0 Å². The molecule has 0 saturated carbocycles. The molecule has 1 atom stereocenters. The van der Waals surface area contributed by atoms with E-state index in [1.165, 1.54) is 0 Å². The number of nitrogens with two attached hydrogens (primary N) is 1. The van der Waals surface area contributed by atoms with Gasteiger partial charge in [0.2, 0.25) is 0 Å². The predicted molar refractivity (Wildman–Crippen MR) is 71.4 cm³/mol. The van der Waals surface area contributed by atoms with Gasteiger partial charge in [-0.3, -0.25) is 0 Å². The van der Waals surface area contributed by atoms with Crippen LogP contribution in [0.1, 0.15) is 6.42 Å². The molecule has 5 heteroatoms. The van der Waals surface area contributed by atoms with Crippen LogP contribution in [0.4, 0.5) is 5.69 Å². The first-order chi connectivity index (χ1) is 8.24. The van der Waals surface area contributed by atoms with Gasteiger partial charge in [0.25, 0.3) is 0 Å². The molecular weight excluding hydrogens is 238 g/mol. The van der Waals surface area contributed by atoms with Crippen LogP contribution in [0.15, 0.2) is 24.3 Å². The average molecular weight is 257 g/mol. The Morgan fingerprint density at radius 3 is 2.82 bits per heavy atom. The summed E-state index contributed by atoms with van der Waals surface area (Å²) in [6.45, 7) is 0.431. The Bertz CT molecular complexity index is 322. The summed E-state index contributed by atoms with van der Waals surface area (Å²) in [7, 11) is 0. The molecule has 0 fully saturated rings. The Morgan fingerprint density at radius 2 is 2.12 bits per heavy atom. The van der Waals surface area contributed by atoms with Crippen molar-refractivity contribution in [2.75, 3.05) is 30.5 Å². The quantitative estimate of drug-likeness (QED) is 0.481. The van der Waals surface area contributed by atoms with E-state index < -0.39 is 6.10 Å². The molecule has 1 rings (SSSR count). The molecule has 0 amide bonds. The number of ether oxygens (including phenoxy) is 1. The molecule has 0 heterocycles. The van der Waals surface area contributed by atoms with Crippen LogP contribution >= 0.6 is 11.8 Å². The van der Waals surface area contributed by atoms with E-state index >= 15 is 0 Å². The minimum absolute atomic E-state index is 0.177. The highest BCUT2D eigenvalue weighted by Gasteiger charge is 2.01. The van der Waals surface area contributed by atoms with Crippen LogP contribution in [0.25, 0.3) is 0 Å². The molecule has 0 radical (unpaired) electrons. The Labute approximate surface area is 106 Å². The second-order valence-electron chi connectivity index (χ2n) is 3.65. The van der Waals surface area contributed by atoms with Crippen molar-refractivity contribution in [2.24, 2.45) is 0 Å². The van der Waals surface area contributed by atoms with Gasteiger partial charge in [0.15, 0.2) is 0 Å². The zero-order valence-corrected chi connectivity index (χ0v) is 10.5. The number of anilines is 1. The maximum atomic E-state index is 9.11. The summed E-state index contributed by atoms with van der Waals surface area (Å²) in [5.74, 6) is 2.17. The third-order valence-corrected chi connectivity index (χ3v) is 3.33. The standard InChI is InChI=1S/C12H19NO3S/c13-11-4-1-2-5-12(11)16-6-3-7-17-9-10(15)8-14/h1-2,4-5,10,14-15H,3,6-9,13H2. The molecule has 1 unspecified atom stereocenters. The third-order valence-electron chi connectivity index (χ3n) is 2.13. The Balaban J connectivity index is 2.07. The predicted octanol–water partition coefficient (Wildman–Crippen LogP) is 1.12. The SMILES string of the molecule is Nc1ccccc1OCCCSCC(O)CO. The van der Waals surface area contributed by atoms with Gasteiger partial charge in [-0.2, -0.15) is 11.8 Å². The lowest BCUT2D eigenvalue weighted by Gasteiger charge is -2.09. The van der Waals surface area contributed by atoms with Gasteiger partial charge in [0, 0.05) is 5.75 Å². The molecule has 96 valence electrons. The van der Waals surface area contributed by atoms with Gasteiger partial charge in [-0.05, 0) is 24.3 Å². The fourth-order valence-electron chi connectivity index (χ4n) is 1.23. The van der Waals surface area contributed by atoms with E-state index in [2.05, 4.69) is 0 Å². The van der Waals surface area contributed by atoms with Gasteiger partial charge in [-0.1, -0.05) is 12.1 Å². The van der Waals surface area contributed by atoms with Crippen LogP contribution in [0.3, 0.4) is 0 Å². The first kappa shape index (κ1) is 14.2. The largest absolute Gasteiger partial charge is 0.491 e. The van der Waals surface area contributed by atoms with E-state index in [1.54, 1.807) is 11.8 Å². The maximum Gasteiger partial charge on any atom is 0.142 e. The minimum Gasteiger partial charge on any atom is -0.491 e. The molecule has 17 heavy (non-hydrogen) atoms. The van der Waals surface area contributed by atoms with Crippen molar-refractivity contribution >= 4 is 17.4 Å². The molecule has 4 nitrogen and oxygen atoms in total. The highest BCUT2D eigenvalue weighted by atomic mass is 32.2. The van der Waals surface area contributed by atoms with Crippen LogP contribution < -0.4 is 10.5 Å². The first-order valence-corrected chi connectivity index (χ1v) is 6.73. The van der Waals surface area contributed by atoms with Gasteiger partial charge in [-0.15, -0.1) is 0 Å². The number of hydrogen-bond donors (Lipinski definition) is 3. The van der Waals surface area contributed by atoms with Crippen molar-refractivity contribution < 1.29 is 14.9 Å². The van der Waals surface area contributed by atoms with Crippen molar-refractivity contribution in [3.63, 3.8) is 0 Å². The summed E-state index contributed by atoms with van der Waals surface area (Å²) in [5.41, 5.74) is 6.38. The lowest BCUT2D eigenvalue weighted by molar-refractivity contribution is 0.113. The number of rotatable bonds is 8. The monoisotopic (exact) mass is 257 g/mol. The summed E-state index contributed by atoms with van der Waals surface area (Å²) in [6, 6.07) is 7.41. The normalized spacial score (nSPS) is 12.4. The fraction of sp³-hybridized carbons (Fsp3) is 0.500. The molecule has 0 aromatic heterocycles. The van der Waals surface area contributed by atoms with Crippen molar-refractivity contribution in [3.8, 4) is 5.75 Å². The smallest absolute Gasteiger partial charge is 0.142 e. The number of benzene rings is 1. The van der Waals surface area contributed by atoms with Crippen molar-refractivity contribution in [3.05, 3.63) is 24.3 Å². The summed E-state index contributed by atoms with van der Waals surface area (Å²) in [5, 5.41) is 17.7. The molecular formula is C12H19NO3S. The minimum atomic E-state index is -0.620. The molecule has 0 saturated heterocycles. The number of nitrogen functional groups attached to an aromatic ring is 1. The zero-order chi connectivity index (χ0) is 12.5. The Morgan fingerprint density at radius 1 is 1.35 bits per heavy atom. The number of aliphatic hydroxyl groups excluding tert-OH is 2. The Kier molecular flexibility index (Phi) is 6.84. The molecule has 1 aromatic carbocycles. The van der Waals surface area contributed by atoms with Crippen LogP contribution in [0, 0.1) is 0 Å².